The number of hydrogen-bond acceptors (Lipinski definition) is 7. The number of nitrogens with one attached hydrogen (secondary N) is 1. The largest absolute Gasteiger partial charge is 0.435 e. The van der Waals surface area contributed by atoms with Crippen molar-refractivity contribution in [1.29, 1.82) is 0 Å². The fourth-order valence-electron chi connectivity index (χ4n) is 3.35. The highest BCUT2D eigenvalue weighted by Crippen LogP contribution is 2.47. The van der Waals surface area contributed by atoms with E-state index in [4.69, 9.17) is 9.05 Å². The molecule has 2 aromatic carbocycles. The Morgan fingerprint density at radius 2 is 1.59 bits per heavy atom. The van der Waals surface area contributed by atoms with Gasteiger partial charge in [0.1, 0.15) is 6.16 Å². The zero-order valence-electron chi connectivity index (χ0n) is 20.2. The Labute approximate surface area is 212 Å². The predicted molar refractivity (Wildman–Crippen MR) is 130 cm³/mol. The molecule has 0 aliphatic rings. The highest BCUT2D eigenvalue weighted by atomic mass is 32.2. The maximum Gasteiger partial charge on any atom is 0.435 e. The van der Waals surface area contributed by atoms with Crippen LogP contribution in [0.1, 0.15) is 25.1 Å². The standard InChI is InChI=1S/C23H25F3N3O6PS/c1-4-34-36(31,35-5-2)15-22(30)28-37(32,33)19-12-10-18(11-13-19)29-20(14-21(27-29)23(24,25)26)17-8-6-16(3)7-9-17/h6-14H,4-5,15H2,1-3H3,(H,28,30). The first kappa shape index (κ1) is 28.6. The molecule has 1 heterocycles. The van der Waals surface area contributed by atoms with Crippen LogP contribution in [0.5, 0.6) is 0 Å². The Bertz CT molecular complexity index is 1390. The van der Waals surface area contributed by atoms with E-state index in [1.165, 1.54) is 12.1 Å². The molecule has 0 fully saturated rings. The molecule has 1 N–H and O–H groups in total. The van der Waals surface area contributed by atoms with Gasteiger partial charge in [-0.1, -0.05) is 29.8 Å². The molecule has 1 aromatic heterocycles. The maximum atomic E-state index is 13.4. The van der Waals surface area contributed by atoms with Crippen LogP contribution in [0.2, 0.25) is 0 Å². The highest BCUT2D eigenvalue weighted by molar-refractivity contribution is 7.90. The second-order valence-corrected chi connectivity index (χ2v) is 11.6. The molecule has 200 valence electrons. The summed E-state index contributed by atoms with van der Waals surface area (Å²) >= 11 is 0. The van der Waals surface area contributed by atoms with Crippen LogP contribution in [-0.4, -0.2) is 43.5 Å². The van der Waals surface area contributed by atoms with Crippen molar-refractivity contribution in [2.75, 3.05) is 19.4 Å². The van der Waals surface area contributed by atoms with Gasteiger partial charge >= 0.3 is 13.8 Å². The summed E-state index contributed by atoms with van der Waals surface area (Å²) in [6, 6.07) is 12.4. The molecule has 14 heteroatoms. The molecule has 0 spiro atoms. The van der Waals surface area contributed by atoms with E-state index in [9.17, 15) is 30.9 Å². The molecular formula is C23H25F3N3O6PS. The van der Waals surface area contributed by atoms with Crippen molar-refractivity contribution in [3.05, 3.63) is 65.9 Å². The molecule has 9 nitrogen and oxygen atoms in total. The van der Waals surface area contributed by atoms with Gasteiger partial charge in [0, 0.05) is 5.56 Å². The number of amides is 1. The summed E-state index contributed by atoms with van der Waals surface area (Å²) in [5.41, 5.74) is 0.597. The summed E-state index contributed by atoms with van der Waals surface area (Å²) in [5.74, 6) is -1.10. The molecule has 0 aliphatic heterocycles. The summed E-state index contributed by atoms with van der Waals surface area (Å²) in [5, 5.41) is 3.68. The second kappa shape index (κ2) is 11.2. The number of hydrogen-bond donors (Lipinski definition) is 1. The molecule has 3 rings (SSSR count). The zero-order valence-corrected chi connectivity index (χ0v) is 21.9. The summed E-state index contributed by atoms with van der Waals surface area (Å²) in [6.45, 7) is 4.92. The van der Waals surface area contributed by atoms with Gasteiger partial charge in [-0.25, -0.2) is 17.8 Å². The van der Waals surface area contributed by atoms with E-state index < -0.39 is 41.6 Å². The Hall–Kier alpha value is -2.99. The van der Waals surface area contributed by atoms with E-state index in [0.29, 0.717) is 5.56 Å². The van der Waals surface area contributed by atoms with Gasteiger partial charge in [-0.05, 0) is 51.1 Å². The fraction of sp³-hybridized carbons (Fsp3) is 0.304. The van der Waals surface area contributed by atoms with Crippen molar-refractivity contribution in [3.8, 4) is 16.9 Å². The van der Waals surface area contributed by atoms with Gasteiger partial charge in [-0.15, -0.1) is 0 Å². The SMILES string of the molecule is CCOP(=O)(CC(=O)NS(=O)(=O)c1ccc(-n2nc(C(F)(F)F)cc2-c2ccc(C)cc2)cc1)OCC. The van der Waals surface area contributed by atoms with Crippen molar-refractivity contribution >= 4 is 23.5 Å². The monoisotopic (exact) mass is 559 g/mol. The van der Waals surface area contributed by atoms with Crippen LogP contribution < -0.4 is 4.72 Å². The summed E-state index contributed by atoms with van der Waals surface area (Å²) in [7, 11) is -8.22. The van der Waals surface area contributed by atoms with E-state index in [0.717, 1.165) is 28.4 Å². The maximum absolute atomic E-state index is 13.4. The molecule has 0 bridgehead atoms. The Morgan fingerprint density at radius 3 is 2.11 bits per heavy atom. The Balaban J connectivity index is 1.89. The number of carbonyl (C=O) groups excluding carboxylic acids is 1. The number of halogens is 3. The number of benzene rings is 2. The van der Waals surface area contributed by atoms with Crippen molar-refractivity contribution in [2.45, 2.75) is 31.8 Å². The van der Waals surface area contributed by atoms with Crippen LogP contribution in [0, 0.1) is 6.92 Å². The lowest BCUT2D eigenvalue weighted by Gasteiger charge is -2.16. The first-order valence-corrected chi connectivity index (χ1v) is 14.3. The van der Waals surface area contributed by atoms with E-state index in [1.54, 1.807) is 42.8 Å². The molecule has 3 aromatic rings. The third-order valence-corrected chi connectivity index (χ3v) is 8.34. The summed E-state index contributed by atoms with van der Waals surface area (Å²) in [4.78, 5) is 11.9. The van der Waals surface area contributed by atoms with Crippen molar-refractivity contribution in [2.24, 2.45) is 0 Å². The Morgan fingerprint density at radius 1 is 1.03 bits per heavy atom. The third kappa shape index (κ3) is 7.07. The first-order valence-electron chi connectivity index (χ1n) is 11.1. The van der Waals surface area contributed by atoms with E-state index in [2.05, 4.69) is 5.10 Å². The smallest absolute Gasteiger partial charge is 0.309 e. The number of rotatable bonds is 10. The van der Waals surface area contributed by atoms with Gasteiger partial charge in [0.2, 0.25) is 5.91 Å². The number of aromatic nitrogens is 2. The second-order valence-electron chi connectivity index (χ2n) is 7.82. The minimum absolute atomic E-state index is 0.00712. The van der Waals surface area contributed by atoms with Crippen LogP contribution >= 0.6 is 7.60 Å². The number of sulfonamides is 1. The minimum Gasteiger partial charge on any atom is -0.309 e. The average molecular weight is 560 g/mol. The van der Waals surface area contributed by atoms with Crippen LogP contribution in [0.15, 0.2) is 59.5 Å². The van der Waals surface area contributed by atoms with Gasteiger partial charge in [-0.3, -0.25) is 9.36 Å². The van der Waals surface area contributed by atoms with Gasteiger partial charge in [0.15, 0.2) is 5.69 Å². The van der Waals surface area contributed by atoms with E-state index in [1.807, 2.05) is 6.92 Å². The zero-order chi connectivity index (χ0) is 27.4. The van der Waals surface area contributed by atoms with Crippen LogP contribution in [0.3, 0.4) is 0 Å². The summed E-state index contributed by atoms with van der Waals surface area (Å²) < 4.78 is 90.9. The van der Waals surface area contributed by atoms with E-state index >= 15 is 0 Å². The number of carbonyl (C=O) groups is 1. The molecule has 0 saturated heterocycles. The predicted octanol–water partition coefficient (Wildman–Crippen LogP) is 4.94. The molecule has 0 atom stereocenters. The van der Waals surface area contributed by atoms with E-state index in [-0.39, 0.29) is 29.5 Å². The Kier molecular flexibility index (Phi) is 8.63. The molecule has 1 amide bonds. The summed E-state index contributed by atoms with van der Waals surface area (Å²) in [6.07, 6.45) is -5.50. The molecule has 0 aliphatic carbocycles. The number of nitrogens with zero attached hydrogens (tertiary/aromatic N) is 2. The topological polar surface area (TPSA) is 117 Å². The van der Waals surface area contributed by atoms with Crippen molar-refractivity contribution < 1.29 is 40.0 Å². The quantitative estimate of drug-likeness (QED) is 0.350. The van der Waals surface area contributed by atoms with Gasteiger partial charge in [0.25, 0.3) is 10.0 Å². The molecule has 0 radical (unpaired) electrons. The molecule has 37 heavy (non-hydrogen) atoms. The molecule has 0 unspecified atom stereocenters. The van der Waals surface area contributed by atoms with Gasteiger partial charge < -0.3 is 9.05 Å². The third-order valence-electron chi connectivity index (χ3n) is 4.98. The normalized spacial score (nSPS) is 12.5. The first-order chi connectivity index (χ1) is 17.3. The van der Waals surface area contributed by atoms with Crippen molar-refractivity contribution in [1.82, 2.24) is 14.5 Å². The van der Waals surface area contributed by atoms with Crippen LogP contribution in [0.25, 0.3) is 16.9 Å². The minimum atomic E-state index is -4.69. The van der Waals surface area contributed by atoms with Gasteiger partial charge in [0.05, 0.1) is 29.5 Å². The van der Waals surface area contributed by atoms with Gasteiger partial charge in [-0.2, -0.15) is 18.3 Å². The lowest BCUT2D eigenvalue weighted by atomic mass is 10.1. The fourth-order valence-corrected chi connectivity index (χ4v) is 5.92. The number of alkyl halides is 3. The lowest BCUT2D eigenvalue weighted by molar-refractivity contribution is -0.141. The van der Waals surface area contributed by atoms with Crippen molar-refractivity contribution in [3.63, 3.8) is 0 Å². The number of aryl methyl sites for hydroxylation is 1. The highest BCUT2D eigenvalue weighted by Gasteiger charge is 2.35. The molecular weight excluding hydrogens is 534 g/mol. The van der Waals surface area contributed by atoms with Crippen LogP contribution in [-0.2, 0) is 34.6 Å². The van der Waals surface area contributed by atoms with Crippen LogP contribution in [0.4, 0.5) is 13.2 Å². The lowest BCUT2D eigenvalue weighted by Crippen LogP contribution is -2.33. The molecule has 0 saturated carbocycles. The average Bonchev–Trinajstić information content (AvgIpc) is 3.25.